The summed E-state index contributed by atoms with van der Waals surface area (Å²) >= 11 is 6.01. The lowest BCUT2D eigenvalue weighted by Crippen LogP contribution is -2.52. The van der Waals surface area contributed by atoms with Crippen LogP contribution in [0.25, 0.3) is 0 Å². The van der Waals surface area contributed by atoms with E-state index in [1.54, 1.807) is 32.0 Å². The van der Waals surface area contributed by atoms with Gasteiger partial charge in [-0.25, -0.2) is 4.79 Å². The van der Waals surface area contributed by atoms with Crippen molar-refractivity contribution in [3.63, 3.8) is 0 Å². The zero-order chi connectivity index (χ0) is 17.0. The lowest BCUT2D eigenvalue weighted by atomic mass is 10.1. The second-order valence-electron chi connectivity index (χ2n) is 5.76. The summed E-state index contributed by atoms with van der Waals surface area (Å²) < 4.78 is 5.73. The third kappa shape index (κ3) is 4.59. The summed E-state index contributed by atoms with van der Waals surface area (Å²) in [6, 6.07) is 6.60. The molecule has 6 nitrogen and oxygen atoms in total. The summed E-state index contributed by atoms with van der Waals surface area (Å²) in [6.45, 7) is 3.04. The van der Waals surface area contributed by atoms with E-state index in [1.165, 1.54) is 4.90 Å². The van der Waals surface area contributed by atoms with E-state index in [1.807, 2.05) is 18.2 Å². The highest BCUT2D eigenvalue weighted by Gasteiger charge is 2.27. The van der Waals surface area contributed by atoms with Crippen LogP contribution in [0.4, 0.5) is 4.79 Å². The van der Waals surface area contributed by atoms with Crippen LogP contribution in [0.2, 0.25) is 5.02 Å². The molecule has 0 spiro atoms. The van der Waals surface area contributed by atoms with E-state index in [2.05, 4.69) is 5.32 Å². The molecule has 1 aliphatic rings. The number of urea groups is 1. The van der Waals surface area contributed by atoms with Gasteiger partial charge < -0.3 is 19.9 Å². The summed E-state index contributed by atoms with van der Waals surface area (Å²) in [6.07, 6.45) is -0.215. The summed E-state index contributed by atoms with van der Waals surface area (Å²) in [5, 5.41) is 3.37. The molecule has 1 heterocycles. The Kier molecular flexibility index (Phi) is 5.85. The van der Waals surface area contributed by atoms with E-state index in [0.29, 0.717) is 24.7 Å². The molecule has 0 aliphatic carbocycles. The average molecular weight is 340 g/mol. The number of nitrogens with one attached hydrogen (secondary N) is 1. The van der Waals surface area contributed by atoms with Crippen molar-refractivity contribution in [2.75, 3.05) is 33.8 Å². The molecule has 0 radical (unpaired) electrons. The Bertz CT molecular complexity index is 579. The van der Waals surface area contributed by atoms with E-state index in [9.17, 15) is 9.59 Å². The fourth-order valence-electron chi connectivity index (χ4n) is 2.47. The third-order valence-corrected chi connectivity index (χ3v) is 3.96. The average Bonchev–Trinajstić information content (AvgIpc) is 2.54. The molecule has 1 aliphatic heterocycles. The third-order valence-electron chi connectivity index (χ3n) is 3.73. The number of carbonyl (C=O) groups excluding carboxylic acids is 2. The van der Waals surface area contributed by atoms with Crippen molar-refractivity contribution in [2.45, 2.75) is 19.1 Å². The SMILES string of the molecule is C[C@H](NC(=O)N1CCOC(c2cccc(Cl)c2)C1)C(=O)N(C)C. The Hall–Kier alpha value is -1.79. The number of rotatable bonds is 3. The summed E-state index contributed by atoms with van der Waals surface area (Å²) in [4.78, 5) is 27.3. The number of nitrogens with zero attached hydrogens (tertiary/aromatic N) is 2. The van der Waals surface area contributed by atoms with Crippen molar-refractivity contribution in [1.82, 2.24) is 15.1 Å². The Balaban J connectivity index is 1.98. The Labute approximate surface area is 141 Å². The van der Waals surface area contributed by atoms with Gasteiger partial charge in [0.25, 0.3) is 0 Å². The molecular weight excluding hydrogens is 318 g/mol. The molecule has 3 amide bonds. The van der Waals surface area contributed by atoms with Gasteiger partial charge >= 0.3 is 6.03 Å². The van der Waals surface area contributed by atoms with Gasteiger partial charge in [0.15, 0.2) is 0 Å². The van der Waals surface area contributed by atoms with Gasteiger partial charge in [-0.3, -0.25) is 4.79 Å². The van der Waals surface area contributed by atoms with Crippen LogP contribution < -0.4 is 5.32 Å². The molecule has 2 rings (SSSR count). The van der Waals surface area contributed by atoms with Crippen LogP contribution in [-0.4, -0.2) is 61.6 Å². The number of benzene rings is 1. The predicted octanol–water partition coefficient (Wildman–Crippen LogP) is 1.90. The maximum atomic E-state index is 12.3. The minimum absolute atomic E-state index is 0.141. The van der Waals surface area contributed by atoms with Crippen molar-refractivity contribution in [3.8, 4) is 0 Å². The number of ether oxygens (including phenoxy) is 1. The molecule has 126 valence electrons. The van der Waals surface area contributed by atoms with E-state index < -0.39 is 6.04 Å². The number of hydrogen-bond acceptors (Lipinski definition) is 3. The van der Waals surface area contributed by atoms with Crippen LogP contribution in [0.15, 0.2) is 24.3 Å². The number of amides is 3. The molecule has 1 unspecified atom stereocenters. The first kappa shape index (κ1) is 17.6. The maximum absolute atomic E-state index is 12.3. The van der Waals surface area contributed by atoms with Crippen molar-refractivity contribution in [2.24, 2.45) is 0 Å². The van der Waals surface area contributed by atoms with Crippen LogP contribution in [0.5, 0.6) is 0 Å². The largest absolute Gasteiger partial charge is 0.370 e. The lowest BCUT2D eigenvalue weighted by Gasteiger charge is -2.34. The Morgan fingerprint density at radius 3 is 2.83 bits per heavy atom. The standard InChI is InChI=1S/C16H22ClN3O3/c1-11(15(21)19(2)3)18-16(22)20-7-8-23-14(10-20)12-5-4-6-13(17)9-12/h4-6,9,11,14H,7-8,10H2,1-3H3,(H,18,22)/t11-,14?/m0/s1. The van der Waals surface area contributed by atoms with Gasteiger partial charge in [-0.1, -0.05) is 23.7 Å². The highest BCUT2D eigenvalue weighted by atomic mass is 35.5. The van der Waals surface area contributed by atoms with Crippen LogP contribution >= 0.6 is 11.6 Å². The van der Waals surface area contributed by atoms with E-state index in [4.69, 9.17) is 16.3 Å². The number of likely N-dealkylation sites (N-methyl/N-ethyl adjacent to an activating group) is 1. The number of halogens is 1. The maximum Gasteiger partial charge on any atom is 0.318 e. The Morgan fingerprint density at radius 1 is 1.43 bits per heavy atom. The number of carbonyl (C=O) groups is 2. The molecular formula is C16H22ClN3O3. The molecule has 7 heteroatoms. The van der Waals surface area contributed by atoms with Crippen LogP contribution in [0, 0.1) is 0 Å². The number of morpholine rings is 1. The topological polar surface area (TPSA) is 61.9 Å². The monoisotopic (exact) mass is 339 g/mol. The zero-order valence-electron chi connectivity index (χ0n) is 13.6. The van der Waals surface area contributed by atoms with Gasteiger partial charge in [0.1, 0.15) is 12.1 Å². The molecule has 23 heavy (non-hydrogen) atoms. The second kappa shape index (κ2) is 7.66. The highest BCUT2D eigenvalue weighted by molar-refractivity contribution is 6.30. The fraction of sp³-hybridized carbons (Fsp3) is 0.500. The minimum Gasteiger partial charge on any atom is -0.370 e. The molecule has 1 N–H and O–H groups in total. The first-order valence-electron chi connectivity index (χ1n) is 7.52. The quantitative estimate of drug-likeness (QED) is 0.915. The fourth-order valence-corrected chi connectivity index (χ4v) is 2.67. The van der Waals surface area contributed by atoms with Crippen LogP contribution in [0.1, 0.15) is 18.6 Å². The summed E-state index contributed by atoms with van der Waals surface area (Å²) in [5.74, 6) is -0.141. The molecule has 2 atom stereocenters. The first-order valence-corrected chi connectivity index (χ1v) is 7.90. The molecule has 1 aromatic rings. The first-order chi connectivity index (χ1) is 10.9. The second-order valence-corrected chi connectivity index (χ2v) is 6.20. The van der Waals surface area contributed by atoms with Crippen LogP contribution in [0.3, 0.4) is 0 Å². The van der Waals surface area contributed by atoms with Crippen molar-refractivity contribution < 1.29 is 14.3 Å². The smallest absolute Gasteiger partial charge is 0.318 e. The summed E-state index contributed by atoms with van der Waals surface area (Å²) in [7, 11) is 3.32. The molecule has 1 saturated heterocycles. The van der Waals surface area contributed by atoms with Gasteiger partial charge in [-0.15, -0.1) is 0 Å². The van der Waals surface area contributed by atoms with E-state index >= 15 is 0 Å². The van der Waals surface area contributed by atoms with E-state index in [-0.39, 0.29) is 18.0 Å². The minimum atomic E-state index is -0.565. The normalized spacial score (nSPS) is 19.1. The molecule has 0 aromatic heterocycles. The van der Waals surface area contributed by atoms with Gasteiger partial charge in [0, 0.05) is 25.7 Å². The van der Waals surface area contributed by atoms with Gasteiger partial charge in [-0.2, -0.15) is 0 Å². The van der Waals surface area contributed by atoms with Gasteiger partial charge in [0.2, 0.25) is 5.91 Å². The molecule has 1 aromatic carbocycles. The van der Waals surface area contributed by atoms with Crippen molar-refractivity contribution in [3.05, 3.63) is 34.9 Å². The van der Waals surface area contributed by atoms with Crippen LogP contribution in [-0.2, 0) is 9.53 Å². The van der Waals surface area contributed by atoms with E-state index in [0.717, 1.165) is 5.56 Å². The summed E-state index contributed by atoms with van der Waals surface area (Å²) in [5.41, 5.74) is 0.937. The molecule has 1 fully saturated rings. The lowest BCUT2D eigenvalue weighted by molar-refractivity contribution is -0.130. The zero-order valence-corrected chi connectivity index (χ0v) is 14.3. The van der Waals surface area contributed by atoms with Crippen molar-refractivity contribution in [1.29, 1.82) is 0 Å². The van der Waals surface area contributed by atoms with Gasteiger partial charge in [0.05, 0.1) is 13.2 Å². The van der Waals surface area contributed by atoms with Gasteiger partial charge in [-0.05, 0) is 24.6 Å². The Morgan fingerprint density at radius 2 is 2.17 bits per heavy atom. The highest BCUT2D eigenvalue weighted by Crippen LogP contribution is 2.24. The van der Waals surface area contributed by atoms with Crippen molar-refractivity contribution >= 4 is 23.5 Å². The molecule has 0 bridgehead atoms. The predicted molar refractivity (Wildman–Crippen MR) is 88.4 cm³/mol. The molecule has 0 saturated carbocycles. The number of hydrogen-bond donors (Lipinski definition) is 1.